The van der Waals surface area contributed by atoms with Gasteiger partial charge >= 0.3 is 5.97 Å². The van der Waals surface area contributed by atoms with E-state index in [0.717, 1.165) is 16.7 Å². The van der Waals surface area contributed by atoms with Gasteiger partial charge < -0.3 is 14.8 Å². The van der Waals surface area contributed by atoms with Gasteiger partial charge in [-0.3, -0.25) is 4.79 Å². The fourth-order valence-corrected chi connectivity index (χ4v) is 5.12. The van der Waals surface area contributed by atoms with Crippen LogP contribution in [-0.4, -0.2) is 21.3 Å². The summed E-state index contributed by atoms with van der Waals surface area (Å²) in [6.45, 7) is 9.52. The van der Waals surface area contributed by atoms with Gasteiger partial charge in [0.05, 0.1) is 17.2 Å². The second-order valence-electron chi connectivity index (χ2n) is 9.86. The van der Waals surface area contributed by atoms with E-state index in [0.29, 0.717) is 22.6 Å². The lowest BCUT2D eigenvalue weighted by molar-refractivity contribution is 0.00705. The van der Waals surface area contributed by atoms with Crippen LogP contribution in [0, 0.1) is 6.92 Å². The highest BCUT2D eigenvalue weighted by Crippen LogP contribution is 2.43. The molecule has 0 saturated heterocycles. The fraction of sp³-hybridized carbons (Fsp3) is 0.310. The number of para-hydroxylation sites is 1. The number of ketones is 1. The normalized spacial score (nSPS) is 18.3. The first-order valence-electron chi connectivity index (χ1n) is 11.7. The van der Waals surface area contributed by atoms with Gasteiger partial charge in [0.2, 0.25) is 0 Å². The van der Waals surface area contributed by atoms with Crippen molar-refractivity contribution in [3.05, 3.63) is 94.5 Å². The second kappa shape index (κ2) is 10.0. The Balaban J connectivity index is 1.70. The zero-order valence-electron chi connectivity index (χ0n) is 20.6. The molecule has 1 heterocycles. The number of hydrogen-bond donors (Lipinski definition) is 1. The molecule has 0 aliphatic carbocycles. The minimum atomic E-state index is -0.595. The summed E-state index contributed by atoms with van der Waals surface area (Å²) in [4.78, 5) is 26.2. The van der Waals surface area contributed by atoms with Gasteiger partial charge in [-0.15, -0.1) is 0 Å². The standard InChI is InChI=1S/C29H30INO4/c1-17-15-21(18(2)31-23-14-10-9-13-20(23)28(33)35-29(3,4)5)27-22(16-17)25(32)24(30)26(34-27)19-11-7-6-8-12-19/h6-16,18,24,26,31H,1-5H3. The Bertz CT molecular complexity index is 1250. The molecule has 0 saturated carbocycles. The molecule has 182 valence electrons. The number of hydrogen-bond acceptors (Lipinski definition) is 5. The fourth-order valence-electron chi connectivity index (χ4n) is 4.22. The van der Waals surface area contributed by atoms with Crippen LogP contribution in [0.3, 0.4) is 0 Å². The number of esters is 1. The van der Waals surface area contributed by atoms with Crippen LogP contribution < -0.4 is 10.1 Å². The summed E-state index contributed by atoms with van der Waals surface area (Å²) in [7, 11) is 0. The van der Waals surface area contributed by atoms with Gasteiger partial charge in [-0.05, 0) is 63.9 Å². The van der Waals surface area contributed by atoms with Gasteiger partial charge in [-0.1, -0.05) is 71.1 Å². The van der Waals surface area contributed by atoms with Crippen molar-refractivity contribution in [2.45, 2.75) is 56.3 Å². The lowest BCUT2D eigenvalue weighted by Crippen LogP contribution is -2.33. The molecule has 6 heteroatoms. The molecule has 3 atom stereocenters. The van der Waals surface area contributed by atoms with Crippen LogP contribution in [0.15, 0.2) is 66.7 Å². The summed E-state index contributed by atoms with van der Waals surface area (Å²) in [5.74, 6) is 0.270. The van der Waals surface area contributed by atoms with E-state index in [1.165, 1.54) is 0 Å². The molecule has 0 amide bonds. The Morgan fingerprint density at radius 2 is 1.71 bits per heavy atom. The van der Waals surface area contributed by atoms with Crippen molar-refractivity contribution in [3.63, 3.8) is 0 Å². The molecule has 0 fully saturated rings. The van der Waals surface area contributed by atoms with E-state index < -0.39 is 5.60 Å². The largest absolute Gasteiger partial charge is 0.483 e. The first kappa shape index (κ1) is 25.2. The molecule has 1 N–H and O–H groups in total. The Labute approximate surface area is 220 Å². The van der Waals surface area contributed by atoms with Gasteiger partial charge in [0, 0.05) is 11.3 Å². The first-order chi connectivity index (χ1) is 16.5. The predicted octanol–water partition coefficient (Wildman–Crippen LogP) is 7.24. The van der Waals surface area contributed by atoms with Crippen molar-refractivity contribution < 1.29 is 19.1 Å². The summed E-state index contributed by atoms with van der Waals surface area (Å²) in [5, 5.41) is 3.46. The van der Waals surface area contributed by atoms with E-state index in [2.05, 4.69) is 27.9 Å². The highest BCUT2D eigenvalue weighted by atomic mass is 127. The summed E-state index contributed by atoms with van der Waals surface area (Å²) < 4.78 is 11.8. The van der Waals surface area contributed by atoms with Crippen molar-refractivity contribution in [3.8, 4) is 5.75 Å². The molecular weight excluding hydrogens is 553 g/mol. The van der Waals surface area contributed by atoms with E-state index in [1.54, 1.807) is 6.07 Å². The van der Waals surface area contributed by atoms with Crippen molar-refractivity contribution in [1.82, 2.24) is 0 Å². The van der Waals surface area contributed by atoms with Crippen LogP contribution in [0.25, 0.3) is 0 Å². The van der Waals surface area contributed by atoms with Crippen LogP contribution in [0.4, 0.5) is 5.69 Å². The van der Waals surface area contributed by atoms with Crippen molar-refractivity contribution >= 4 is 40.0 Å². The molecular formula is C29H30INO4. The highest BCUT2D eigenvalue weighted by Gasteiger charge is 2.38. The third-order valence-corrected chi connectivity index (χ3v) is 7.02. The van der Waals surface area contributed by atoms with Crippen LogP contribution in [0.1, 0.15) is 77.2 Å². The van der Waals surface area contributed by atoms with Gasteiger partial charge in [-0.2, -0.15) is 0 Å². The molecule has 0 bridgehead atoms. The molecule has 0 aromatic heterocycles. The number of aryl methyl sites for hydroxylation is 1. The number of benzene rings is 3. The number of fused-ring (bicyclic) bond motifs is 1. The van der Waals surface area contributed by atoms with E-state index in [4.69, 9.17) is 9.47 Å². The first-order valence-corrected chi connectivity index (χ1v) is 12.9. The number of carbonyl (C=O) groups is 2. The van der Waals surface area contributed by atoms with Crippen molar-refractivity contribution in [2.24, 2.45) is 0 Å². The molecule has 3 aromatic carbocycles. The van der Waals surface area contributed by atoms with Gasteiger partial charge in [0.15, 0.2) is 5.78 Å². The number of carbonyl (C=O) groups excluding carboxylic acids is 2. The monoisotopic (exact) mass is 583 g/mol. The maximum Gasteiger partial charge on any atom is 0.340 e. The number of Topliss-reactive ketones (excluding diaryl/α,β-unsaturated/α-hetero) is 1. The van der Waals surface area contributed by atoms with E-state index in [-0.39, 0.29) is 27.8 Å². The van der Waals surface area contributed by atoms with Crippen LogP contribution in [-0.2, 0) is 4.74 Å². The minimum absolute atomic E-state index is 0.0620. The molecule has 1 aliphatic rings. The third-order valence-electron chi connectivity index (χ3n) is 5.80. The summed E-state index contributed by atoms with van der Waals surface area (Å²) in [6.07, 6.45) is -0.375. The minimum Gasteiger partial charge on any atom is -0.483 e. The molecule has 3 aromatic rings. The summed E-state index contributed by atoms with van der Waals surface area (Å²) in [6, 6.07) is 20.8. The number of alkyl halides is 1. The van der Waals surface area contributed by atoms with Gasteiger partial charge in [0.1, 0.15) is 21.4 Å². The molecule has 0 radical (unpaired) electrons. The Hall–Kier alpha value is -2.87. The van der Waals surface area contributed by atoms with E-state index in [9.17, 15) is 9.59 Å². The number of halogens is 1. The number of nitrogens with one attached hydrogen (secondary N) is 1. The highest BCUT2D eigenvalue weighted by molar-refractivity contribution is 14.1. The Kier molecular flexibility index (Phi) is 7.22. The zero-order valence-corrected chi connectivity index (χ0v) is 22.8. The van der Waals surface area contributed by atoms with Gasteiger partial charge in [-0.25, -0.2) is 4.79 Å². The predicted molar refractivity (Wildman–Crippen MR) is 147 cm³/mol. The van der Waals surface area contributed by atoms with Crippen LogP contribution >= 0.6 is 22.6 Å². The quantitative estimate of drug-likeness (QED) is 0.195. The van der Waals surface area contributed by atoms with Gasteiger partial charge in [0.25, 0.3) is 0 Å². The smallest absolute Gasteiger partial charge is 0.340 e. The lowest BCUT2D eigenvalue weighted by Gasteiger charge is -2.33. The third kappa shape index (κ3) is 5.53. The number of rotatable bonds is 5. The molecule has 35 heavy (non-hydrogen) atoms. The van der Waals surface area contributed by atoms with E-state index >= 15 is 0 Å². The average molecular weight is 583 g/mol. The Morgan fingerprint density at radius 3 is 2.40 bits per heavy atom. The Morgan fingerprint density at radius 1 is 1.06 bits per heavy atom. The maximum atomic E-state index is 13.4. The van der Waals surface area contributed by atoms with Crippen molar-refractivity contribution in [2.75, 3.05) is 5.32 Å². The average Bonchev–Trinajstić information content (AvgIpc) is 2.81. The number of anilines is 1. The molecule has 4 rings (SSSR count). The van der Waals surface area contributed by atoms with Crippen LogP contribution in [0.2, 0.25) is 0 Å². The van der Waals surface area contributed by atoms with E-state index in [1.807, 2.05) is 95.3 Å². The maximum absolute atomic E-state index is 13.4. The second-order valence-corrected chi connectivity index (χ2v) is 11.2. The molecule has 0 spiro atoms. The molecule has 1 aliphatic heterocycles. The van der Waals surface area contributed by atoms with Crippen molar-refractivity contribution in [1.29, 1.82) is 0 Å². The molecule has 3 unspecified atom stereocenters. The number of ether oxygens (including phenoxy) is 2. The SMILES string of the molecule is Cc1cc2c(c(C(C)Nc3ccccc3C(=O)OC(C)(C)C)c1)OC(c1ccccc1)C(I)C2=O. The topological polar surface area (TPSA) is 64.6 Å². The molecule has 5 nitrogen and oxygen atoms in total. The summed E-state index contributed by atoms with van der Waals surface area (Å²) in [5.41, 5.74) is 3.94. The lowest BCUT2D eigenvalue weighted by atomic mass is 9.91. The van der Waals surface area contributed by atoms with Crippen LogP contribution in [0.5, 0.6) is 5.75 Å². The zero-order chi connectivity index (χ0) is 25.3. The summed E-state index contributed by atoms with van der Waals surface area (Å²) >= 11 is 2.18.